The predicted octanol–water partition coefficient (Wildman–Crippen LogP) is -0.120. The fraction of sp³-hybridized carbons (Fsp3) is 0.800. The van der Waals surface area contributed by atoms with Crippen molar-refractivity contribution < 1.29 is 9.59 Å². The summed E-state index contributed by atoms with van der Waals surface area (Å²) in [6.07, 6.45) is 2.24. The first-order chi connectivity index (χ1) is 7.18. The molecule has 84 valence electrons. The second-order valence-corrected chi connectivity index (χ2v) is 4.36. The van der Waals surface area contributed by atoms with Crippen LogP contribution in [-0.2, 0) is 4.79 Å². The fourth-order valence-corrected chi connectivity index (χ4v) is 2.19. The van der Waals surface area contributed by atoms with Crippen LogP contribution in [0.15, 0.2) is 0 Å². The molecule has 5 heteroatoms. The van der Waals surface area contributed by atoms with E-state index in [4.69, 9.17) is 0 Å². The molecule has 0 aliphatic carbocycles. The van der Waals surface area contributed by atoms with Gasteiger partial charge in [0.25, 0.3) is 0 Å². The number of rotatable bonds is 2. The van der Waals surface area contributed by atoms with E-state index in [2.05, 4.69) is 5.32 Å². The molecule has 2 aliphatic heterocycles. The number of carbonyl (C=O) groups excluding carboxylic acids is 2. The smallest absolute Gasteiger partial charge is 0.318 e. The zero-order chi connectivity index (χ0) is 10.8. The first-order valence-electron chi connectivity index (χ1n) is 5.44. The maximum Gasteiger partial charge on any atom is 0.326 e. The Bertz CT molecular complexity index is 274. The largest absolute Gasteiger partial charge is 0.326 e. The molecule has 2 heterocycles. The molecule has 1 atom stereocenters. The number of imide groups is 1. The van der Waals surface area contributed by atoms with Crippen molar-refractivity contribution in [2.24, 2.45) is 5.92 Å². The SMILES string of the molecule is CN1CC(=O)N(CC2CCCNC2)C1=O. The van der Waals surface area contributed by atoms with E-state index in [-0.39, 0.29) is 18.5 Å². The lowest BCUT2D eigenvalue weighted by Gasteiger charge is -2.26. The van der Waals surface area contributed by atoms with Gasteiger partial charge in [-0.25, -0.2) is 4.79 Å². The van der Waals surface area contributed by atoms with Crippen LogP contribution in [0.1, 0.15) is 12.8 Å². The molecule has 0 bridgehead atoms. The van der Waals surface area contributed by atoms with E-state index < -0.39 is 0 Å². The number of hydrogen-bond donors (Lipinski definition) is 1. The number of nitrogens with one attached hydrogen (secondary N) is 1. The summed E-state index contributed by atoms with van der Waals surface area (Å²) < 4.78 is 0. The maximum atomic E-state index is 11.6. The van der Waals surface area contributed by atoms with E-state index in [1.54, 1.807) is 7.05 Å². The average molecular weight is 211 g/mol. The highest BCUT2D eigenvalue weighted by Gasteiger charge is 2.34. The number of piperidine rings is 1. The van der Waals surface area contributed by atoms with Gasteiger partial charge in [0.1, 0.15) is 6.54 Å². The van der Waals surface area contributed by atoms with Crippen LogP contribution < -0.4 is 5.32 Å². The Labute approximate surface area is 89.4 Å². The number of urea groups is 1. The van der Waals surface area contributed by atoms with Crippen LogP contribution in [0.2, 0.25) is 0 Å². The Hall–Kier alpha value is -1.10. The van der Waals surface area contributed by atoms with Gasteiger partial charge in [0, 0.05) is 13.6 Å². The van der Waals surface area contributed by atoms with Gasteiger partial charge < -0.3 is 10.2 Å². The molecule has 3 amide bonds. The van der Waals surface area contributed by atoms with Crippen molar-refractivity contribution in [3.63, 3.8) is 0 Å². The average Bonchev–Trinajstić information content (AvgIpc) is 2.47. The molecule has 1 N–H and O–H groups in total. The van der Waals surface area contributed by atoms with Gasteiger partial charge in [-0.15, -0.1) is 0 Å². The number of carbonyl (C=O) groups is 2. The first-order valence-corrected chi connectivity index (χ1v) is 5.44. The van der Waals surface area contributed by atoms with Crippen molar-refractivity contribution in [1.82, 2.24) is 15.1 Å². The second-order valence-electron chi connectivity index (χ2n) is 4.36. The summed E-state index contributed by atoms with van der Waals surface area (Å²) in [4.78, 5) is 26.0. The highest BCUT2D eigenvalue weighted by Crippen LogP contribution is 2.15. The van der Waals surface area contributed by atoms with Gasteiger partial charge in [0.15, 0.2) is 0 Å². The van der Waals surface area contributed by atoms with Gasteiger partial charge in [-0.05, 0) is 31.8 Å². The lowest BCUT2D eigenvalue weighted by molar-refractivity contribution is -0.125. The zero-order valence-corrected chi connectivity index (χ0v) is 9.03. The van der Waals surface area contributed by atoms with Crippen molar-refractivity contribution in [3.8, 4) is 0 Å². The molecule has 2 aliphatic rings. The predicted molar refractivity (Wildman–Crippen MR) is 55.3 cm³/mol. The summed E-state index contributed by atoms with van der Waals surface area (Å²) >= 11 is 0. The van der Waals surface area contributed by atoms with Gasteiger partial charge in [-0.3, -0.25) is 9.69 Å². The quantitative estimate of drug-likeness (QED) is 0.648. The van der Waals surface area contributed by atoms with Crippen LogP contribution in [0.4, 0.5) is 4.79 Å². The van der Waals surface area contributed by atoms with Crippen LogP contribution in [0.25, 0.3) is 0 Å². The number of likely N-dealkylation sites (N-methyl/N-ethyl adjacent to an activating group) is 1. The summed E-state index contributed by atoms with van der Waals surface area (Å²) in [5.74, 6) is 0.367. The molecule has 0 radical (unpaired) electrons. The van der Waals surface area contributed by atoms with Crippen LogP contribution in [0.5, 0.6) is 0 Å². The first kappa shape index (κ1) is 10.4. The minimum absolute atomic E-state index is 0.0620. The summed E-state index contributed by atoms with van der Waals surface area (Å²) in [5, 5.41) is 3.29. The van der Waals surface area contributed by atoms with Crippen molar-refractivity contribution in [1.29, 1.82) is 0 Å². The molecule has 0 aromatic rings. The Morgan fingerprint density at radius 1 is 1.47 bits per heavy atom. The second kappa shape index (κ2) is 4.18. The Kier molecular flexibility index (Phi) is 2.90. The summed E-state index contributed by atoms with van der Waals surface area (Å²) in [5.41, 5.74) is 0. The van der Waals surface area contributed by atoms with Crippen LogP contribution >= 0.6 is 0 Å². The molecule has 15 heavy (non-hydrogen) atoms. The molecule has 0 aromatic carbocycles. The van der Waals surface area contributed by atoms with Crippen molar-refractivity contribution >= 4 is 11.9 Å². The maximum absolute atomic E-state index is 11.6. The Morgan fingerprint density at radius 2 is 2.27 bits per heavy atom. The standard InChI is InChI=1S/C10H17N3O2/c1-12-7-9(14)13(10(12)15)6-8-3-2-4-11-5-8/h8,11H,2-7H2,1H3. The van der Waals surface area contributed by atoms with Crippen LogP contribution in [-0.4, -0.2) is 55.0 Å². The molecule has 2 rings (SSSR count). The Morgan fingerprint density at radius 3 is 2.80 bits per heavy atom. The molecule has 2 saturated heterocycles. The van der Waals surface area contributed by atoms with E-state index in [1.165, 1.54) is 9.80 Å². The molecule has 0 spiro atoms. The van der Waals surface area contributed by atoms with Crippen LogP contribution in [0, 0.1) is 5.92 Å². The molecule has 0 aromatic heterocycles. The normalized spacial score (nSPS) is 27.7. The third-order valence-corrected chi connectivity index (χ3v) is 3.07. The fourth-order valence-electron chi connectivity index (χ4n) is 2.19. The molecule has 5 nitrogen and oxygen atoms in total. The molecule has 2 fully saturated rings. The lowest BCUT2D eigenvalue weighted by Crippen LogP contribution is -2.41. The number of nitrogens with zero attached hydrogens (tertiary/aromatic N) is 2. The summed E-state index contributed by atoms with van der Waals surface area (Å²) in [7, 11) is 1.67. The monoisotopic (exact) mass is 211 g/mol. The van der Waals surface area contributed by atoms with Gasteiger partial charge >= 0.3 is 6.03 Å². The summed E-state index contributed by atoms with van der Waals surface area (Å²) in [6.45, 7) is 2.78. The zero-order valence-electron chi connectivity index (χ0n) is 9.03. The van der Waals surface area contributed by atoms with Gasteiger partial charge in [0.2, 0.25) is 5.91 Å². The Balaban J connectivity index is 1.93. The van der Waals surface area contributed by atoms with Gasteiger partial charge in [-0.1, -0.05) is 0 Å². The van der Waals surface area contributed by atoms with Crippen molar-refractivity contribution in [2.75, 3.05) is 33.2 Å². The highest BCUT2D eigenvalue weighted by atomic mass is 16.2. The summed E-state index contributed by atoms with van der Waals surface area (Å²) in [6, 6.07) is -0.148. The lowest BCUT2D eigenvalue weighted by atomic mass is 9.99. The topological polar surface area (TPSA) is 52.7 Å². The third kappa shape index (κ3) is 2.12. The van der Waals surface area contributed by atoms with Crippen molar-refractivity contribution in [2.45, 2.75) is 12.8 Å². The third-order valence-electron chi connectivity index (χ3n) is 3.07. The minimum atomic E-state index is -0.148. The van der Waals surface area contributed by atoms with E-state index in [1.807, 2.05) is 0 Å². The van der Waals surface area contributed by atoms with E-state index in [0.29, 0.717) is 12.5 Å². The molecular formula is C10H17N3O2. The van der Waals surface area contributed by atoms with Gasteiger partial charge in [0.05, 0.1) is 0 Å². The number of hydrogen-bond acceptors (Lipinski definition) is 3. The van der Waals surface area contributed by atoms with Crippen LogP contribution in [0.3, 0.4) is 0 Å². The highest BCUT2D eigenvalue weighted by molar-refractivity contribution is 6.01. The minimum Gasteiger partial charge on any atom is -0.318 e. The number of amides is 3. The van der Waals surface area contributed by atoms with E-state index in [9.17, 15) is 9.59 Å². The van der Waals surface area contributed by atoms with Gasteiger partial charge in [-0.2, -0.15) is 0 Å². The van der Waals surface area contributed by atoms with E-state index in [0.717, 1.165) is 25.9 Å². The molecular weight excluding hydrogens is 194 g/mol. The molecule has 0 saturated carbocycles. The molecule has 1 unspecified atom stereocenters. The van der Waals surface area contributed by atoms with Crippen molar-refractivity contribution in [3.05, 3.63) is 0 Å². The van der Waals surface area contributed by atoms with E-state index >= 15 is 0 Å².